The van der Waals surface area contributed by atoms with Gasteiger partial charge in [0.25, 0.3) is 11.8 Å². The van der Waals surface area contributed by atoms with Crippen molar-refractivity contribution in [1.29, 1.82) is 5.53 Å². The molecular weight excluding hydrogens is 302 g/mol. The van der Waals surface area contributed by atoms with Gasteiger partial charge in [-0.1, -0.05) is 12.1 Å². The van der Waals surface area contributed by atoms with Gasteiger partial charge in [0, 0.05) is 6.42 Å². The number of carbonyl (C=O) groups excluding carboxylic acids is 4. The maximum Gasteiger partial charge on any atom is 0.372 e. The summed E-state index contributed by atoms with van der Waals surface area (Å²) in [4.78, 5) is 51.9. The van der Waals surface area contributed by atoms with Gasteiger partial charge in [-0.25, -0.2) is 0 Å². The Balaban J connectivity index is 2.34. The molecule has 1 atom stereocenters. The molecule has 1 unspecified atom stereocenters. The van der Waals surface area contributed by atoms with E-state index in [-0.39, 0.29) is 24.0 Å². The number of imide groups is 1. The molecular formula is C15H14N3O5+. The standard InChI is InChI=1S/C15H14N3O5/c1-23-13(20)7-9(6-10(19)8-17-16)18-14(21)11-4-2-3-5-12(11)15(18)22/h2-5,8-9,16H,6-7H2,1H3/q+1. The van der Waals surface area contributed by atoms with Crippen molar-refractivity contribution >= 4 is 29.8 Å². The molecule has 0 fully saturated rings. The third kappa shape index (κ3) is 3.22. The lowest BCUT2D eigenvalue weighted by Gasteiger charge is -2.23. The molecule has 2 rings (SSSR count). The quantitative estimate of drug-likeness (QED) is 0.269. The summed E-state index contributed by atoms with van der Waals surface area (Å²) in [5, 5.41) is 0. The van der Waals surface area contributed by atoms with Crippen molar-refractivity contribution < 1.29 is 28.7 Å². The highest BCUT2D eigenvalue weighted by molar-refractivity contribution is 6.26. The average Bonchev–Trinajstić information content (AvgIpc) is 2.79. The van der Waals surface area contributed by atoms with E-state index in [1.807, 2.05) is 0 Å². The Morgan fingerprint density at radius 1 is 1.22 bits per heavy atom. The minimum Gasteiger partial charge on any atom is -0.469 e. The lowest BCUT2D eigenvalue weighted by molar-refractivity contribution is -0.141. The lowest BCUT2D eigenvalue weighted by Crippen LogP contribution is -2.42. The summed E-state index contributed by atoms with van der Waals surface area (Å²) in [6.45, 7) is 0. The monoisotopic (exact) mass is 316 g/mol. The number of fused-ring (bicyclic) bond motifs is 1. The second-order valence-corrected chi connectivity index (χ2v) is 4.89. The van der Waals surface area contributed by atoms with Crippen LogP contribution in [0.15, 0.2) is 24.3 Å². The van der Waals surface area contributed by atoms with Crippen molar-refractivity contribution in [3.05, 3.63) is 35.4 Å². The van der Waals surface area contributed by atoms with Crippen molar-refractivity contribution in [3.63, 3.8) is 0 Å². The molecule has 2 amide bonds. The number of rotatable bonds is 6. The number of ether oxygens (including phenoxy) is 1. The Morgan fingerprint density at radius 2 is 1.78 bits per heavy atom. The summed E-state index contributed by atoms with van der Waals surface area (Å²) >= 11 is 0. The van der Waals surface area contributed by atoms with Gasteiger partial charge >= 0.3 is 12.2 Å². The van der Waals surface area contributed by atoms with Crippen LogP contribution in [0.25, 0.3) is 0 Å². The first-order valence-corrected chi connectivity index (χ1v) is 6.76. The number of esters is 1. The van der Waals surface area contributed by atoms with Crippen LogP contribution in [0.1, 0.15) is 33.6 Å². The SMILES string of the molecule is COC(=O)CC(CC(=O)C=[N+]=N)N1C(=O)c2ccccc2C1=O. The molecule has 1 heterocycles. The van der Waals surface area contributed by atoms with Gasteiger partial charge in [0.15, 0.2) is 0 Å². The zero-order chi connectivity index (χ0) is 17.0. The van der Waals surface area contributed by atoms with Crippen LogP contribution >= 0.6 is 0 Å². The summed E-state index contributed by atoms with van der Waals surface area (Å²) in [7, 11) is 1.18. The van der Waals surface area contributed by atoms with Gasteiger partial charge in [0.05, 0.1) is 41.0 Å². The maximum atomic E-state index is 12.4. The number of benzene rings is 1. The fourth-order valence-electron chi connectivity index (χ4n) is 2.43. The van der Waals surface area contributed by atoms with Crippen molar-refractivity contribution in [2.45, 2.75) is 18.9 Å². The Morgan fingerprint density at radius 3 is 2.26 bits per heavy atom. The number of nitrogens with one attached hydrogen (secondary N) is 1. The van der Waals surface area contributed by atoms with Crippen molar-refractivity contribution in [3.8, 4) is 0 Å². The summed E-state index contributed by atoms with van der Waals surface area (Å²) < 4.78 is 4.56. The van der Waals surface area contributed by atoms with E-state index in [9.17, 15) is 19.2 Å². The van der Waals surface area contributed by atoms with Crippen LogP contribution in [0.2, 0.25) is 0 Å². The molecule has 0 radical (unpaired) electrons. The second-order valence-electron chi connectivity index (χ2n) is 4.89. The van der Waals surface area contributed by atoms with E-state index >= 15 is 0 Å². The van der Waals surface area contributed by atoms with Gasteiger partial charge in [-0.3, -0.25) is 24.1 Å². The van der Waals surface area contributed by atoms with Crippen molar-refractivity contribution in [2.24, 2.45) is 0 Å². The van der Waals surface area contributed by atoms with Crippen LogP contribution in [-0.4, -0.2) is 52.6 Å². The number of nitrogens with zero attached hydrogens (tertiary/aromatic N) is 2. The molecule has 0 spiro atoms. The maximum absolute atomic E-state index is 12.4. The molecule has 1 N–H and O–H groups in total. The number of methoxy groups -OCH3 is 1. The summed E-state index contributed by atoms with van der Waals surface area (Å²) in [5.41, 5.74) is 7.12. The van der Waals surface area contributed by atoms with Crippen LogP contribution < -0.4 is 0 Å². The molecule has 23 heavy (non-hydrogen) atoms. The Kier molecular flexibility index (Phi) is 4.78. The predicted octanol–water partition coefficient (Wildman–Crippen LogP) is 0.483. The number of hydrogen-bond donors (Lipinski definition) is 1. The summed E-state index contributed by atoms with van der Waals surface area (Å²) in [6.07, 6.45) is 0.158. The molecule has 8 nitrogen and oxygen atoms in total. The molecule has 0 aliphatic carbocycles. The Labute approximate surface area is 131 Å². The number of Topliss-reactive ketones (excluding diaryl/α,β-unsaturated/α-hetero) is 1. The van der Waals surface area contributed by atoms with Gasteiger partial charge in [0.2, 0.25) is 5.78 Å². The minimum absolute atomic E-state index is 0.231. The van der Waals surface area contributed by atoms with Crippen molar-refractivity contribution in [1.82, 2.24) is 4.90 Å². The van der Waals surface area contributed by atoms with Crippen LogP contribution in [-0.2, 0) is 14.3 Å². The third-order valence-corrected chi connectivity index (χ3v) is 3.47. The molecule has 1 aromatic rings. The van der Waals surface area contributed by atoms with E-state index in [2.05, 4.69) is 9.53 Å². The van der Waals surface area contributed by atoms with Gasteiger partial charge in [-0.05, 0) is 12.1 Å². The second kappa shape index (κ2) is 6.76. The first-order valence-electron chi connectivity index (χ1n) is 6.76. The molecule has 1 aromatic carbocycles. The fourth-order valence-corrected chi connectivity index (χ4v) is 2.43. The molecule has 8 heteroatoms. The molecule has 0 saturated heterocycles. The van der Waals surface area contributed by atoms with E-state index < -0.39 is 29.6 Å². The van der Waals surface area contributed by atoms with Gasteiger partial charge < -0.3 is 4.74 Å². The van der Waals surface area contributed by atoms with Crippen LogP contribution in [0.4, 0.5) is 0 Å². The van der Waals surface area contributed by atoms with Gasteiger partial charge in [-0.2, -0.15) is 0 Å². The molecule has 1 aliphatic rings. The smallest absolute Gasteiger partial charge is 0.372 e. The van der Waals surface area contributed by atoms with Crippen LogP contribution in [0.5, 0.6) is 0 Å². The van der Waals surface area contributed by atoms with E-state index in [1.54, 1.807) is 12.1 Å². The number of ketones is 1. The number of amides is 2. The van der Waals surface area contributed by atoms with E-state index in [0.29, 0.717) is 0 Å². The predicted molar refractivity (Wildman–Crippen MR) is 76.0 cm³/mol. The van der Waals surface area contributed by atoms with E-state index in [0.717, 1.165) is 11.1 Å². The van der Waals surface area contributed by atoms with Crippen molar-refractivity contribution in [2.75, 3.05) is 7.11 Å². The number of carbonyl (C=O) groups is 4. The molecule has 0 bridgehead atoms. The topological polar surface area (TPSA) is 119 Å². The number of hydrogen-bond acceptors (Lipinski definition) is 6. The fraction of sp³-hybridized carbons (Fsp3) is 0.267. The zero-order valence-electron chi connectivity index (χ0n) is 12.3. The first-order chi connectivity index (χ1) is 11.0. The molecule has 118 valence electrons. The van der Waals surface area contributed by atoms with Crippen LogP contribution in [0.3, 0.4) is 0 Å². The summed E-state index contributed by atoms with van der Waals surface area (Å²) in [6, 6.07) is 5.29. The molecule has 0 aromatic heterocycles. The Hall–Kier alpha value is -3.12. The average molecular weight is 316 g/mol. The Bertz CT molecular complexity index is 701. The van der Waals surface area contributed by atoms with E-state index in [1.165, 1.54) is 19.2 Å². The zero-order valence-corrected chi connectivity index (χ0v) is 12.3. The lowest BCUT2D eigenvalue weighted by atomic mass is 10.1. The van der Waals surface area contributed by atoms with Gasteiger partial charge in [0.1, 0.15) is 0 Å². The van der Waals surface area contributed by atoms with Crippen LogP contribution in [0, 0.1) is 5.53 Å². The first kappa shape index (κ1) is 16.3. The minimum atomic E-state index is -0.986. The molecule has 1 aliphatic heterocycles. The highest BCUT2D eigenvalue weighted by Crippen LogP contribution is 2.26. The summed E-state index contributed by atoms with van der Waals surface area (Å²) in [5.74, 6) is -2.34. The normalized spacial score (nSPS) is 14.0. The molecule has 0 saturated carbocycles. The highest BCUT2D eigenvalue weighted by atomic mass is 16.5. The largest absolute Gasteiger partial charge is 0.469 e. The van der Waals surface area contributed by atoms with E-state index in [4.69, 9.17) is 5.53 Å². The third-order valence-electron chi connectivity index (χ3n) is 3.47. The highest BCUT2D eigenvalue weighted by Gasteiger charge is 2.41. The van der Waals surface area contributed by atoms with Gasteiger partial charge in [-0.15, -0.1) is 0 Å².